The van der Waals surface area contributed by atoms with Crippen molar-refractivity contribution in [2.75, 3.05) is 30.8 Å². The number of halogens is 1. The number of fused-ring (bicyclic) bond motifs is 1. The van der Waals surface area contributed by atoms with Gasteiger partial charge in [0.15, 0.2) is 11.5 Å². The summed E-state index contributed by atoms with van der Waals surface area (Å²) in [5, 5.41) is 3.21. The van der Waals surface area contributed by atoms with E-state index >= 15 is 0 Å². The lowest BCUT2D eigenvalue weighted by atomic mass is 10.1. The lowest BCUT2D eigenvalue weighted by Gasteiger charge is -2.20. The summed E-state index contributed by atoms with van der Waals surface area (Å²) in [7, 11) is 0. The van der Waals surface area contributed by atoms with E-state index in [4.69, 9.17) is 15.2 Å². The first kappa shape index (κ1) is 13.5. The Hall–Kier alpha value is -2.43. The zero-order chi connectivity index (χ0) is 14.7. The van der Waals surface area contributed by atoms with Gasteiger partial charge in [-0.2, -0.15) is 0 Å². The first-order valence-corrected chi connectivity index (χ1v) is 6.90. The number of rotatable bonds is 4. The Balaban J connectivity index is 1.67. The minimum Gasteiger partial charge on any atom is -0.486 e. The fraction of sp³-hybridized carbons (Fsp3) is 0.250. The maximum absolute atomic E-state index is 13.5. The van der Waals surface area contributed by atoms with Crippen molar-refractivity contribution in [1.82, 2.24) is 0 Å². The second-order valence-electron chi connectivity index (χ2n) is 4.85. The van der Waals surface area contributed by atoms with Crippen molar-refractivity contribution in [2.24, 2.45) is 0 Å². The van der Waals surface area contributed by atoms with Gasteiger partial charge in [0.2, 0.25) is 0 Å². The fourth-order valence-corrected chi connectivity index (χ4v) is 2.29. The topological polar surface area (TPSA) is 56.5 Å². The van der Waals surface area contributed by atoms with Crippen LogP contribution in [0.1, 0.15) is 5.56 Å². The van der Waals surface area contributed by atoms with Crippen molar-refractivity contribution in [3.05, 3.63) is 47.8 Å². The van der Waals surface area contributed by atoms with Gasteiger partial charge in [-0.3, -0.25) is 0 Å². The molecule has 21 heavy (non-hydrogen) atoms. The van der Waals surface area contributed by atoms with Crippen molar-refractivity contribution in [3.8, 4) is 11.5 Å². The number of anilines is 2. The first-order chi connectivity index (χ1) is 10.2. The maximum atomic E-state index is 13.5. The van der Waals surface area contributed by atoms with Crippen LogP contribution in [0.2, 0.25) is 0 Å². The van der Waals surface area contributed by atoms with E-state index in [1.165, 1.54) is 6.07 Å². The van der Waals surface area contributed by atoms with Gasteiger partial charge in [0, 0.05) is 18.7 Å². The van der Waals surface area contributed by atoms with E-state index in [9.17, 15) is 4.39 Å². The monoisotopic (exact) mass is 288 g/mol. The van der Waals surface area contributed by atoms with Crippen LogP contribution in [-0.4, -0.2) is 19.8 Å². The summed E-state index contributed by atoms with van der Waals surface area (Å²) in [6.07, 6.45) is 0.584. The summed E-state index contributed by atoms with van der Waals surface area (Å²) in [5.74, 6) is 1.16. The molecule has 0 radical (unpaired) electrons. The van der Waals surface area contributed by atoms with Gasteiger partial charge in [0.1, 0.15) is 19.0 Å². The minimum atomic E-state index is -0.186. The summed E-state index contributed by atoms with van der Waals surface area (Å²) >= 11 is 0. The predicted molar refractivity (Wildman–Crippen MR) is 80.4 cm³/mol. The Bertz CT molecular complexity index is 646. The summed E-state index contributed by atoms with van der Waals surface area (Å²) in [5.41, 5.74) is 8.03. The van der Waals surface area contributed by atoms with E-state index in [0.717, 1.165) is 5.69 Å². The largest absolute Gasteiger partial charge is 0.486 e. The Morgan fingerprint density at radius 2 is 1.81 bits per heavy atom. The standard InChI is InChI=1S/C16H17FN2O2/c17-12-4-2-1-3-11(12)5-6-19-14-10-16-15(9-13(14)18)20-7-8-21-16/h1-4,9-10,19H,5-8,18H2. The molecule has 1 aliphatic rings. The molecule has 0 aromatic heterocycles. The smallest absolute Gasteiger partial charge is 0.163 e. The number of nitrogens with two attached hydrogens (primary N) is 1. The van der Waals surface area contributed by atoms with Crippen LogP contribution < -0.4 is 20.5 Å². The average Bonchev–Trinajstić information content (AvgIpc) is 2.49. The molecule has 2 aromatic carbocycles. The Morgan fingerprint density at radius 1 is 1.10 bits per heavy atom. The van der Waals surface area contributed by atoms with Crippen molar-refractivity contribution < 1.29 is 13.9 Å². The predicted octanol–water partition coefficient (Wildman–Crippen LogP) is 2.83. The van der Waals surface area contributed by atoms with Crippen LogP contribution in [0.25, 0.3) is 0 Å². The molecule has 0 atom stereocenters. The molecule has 110 valence electrons. The zero-order valence-electron chi connectivity index (χ0n) is 11.6. The van der Waals surface area contributed by atoms with E-state index in [0.29, 0.717) is 48.9 Å². The van der Waals surface area contributed by atoms with Crippen molar-refractivity contribution in [3.63, 3.8) is 0 Å². The number of nitrogens with one attached hydrogen (secondary N) is 1. The molecular weight excluding hydrogens is 271 g/mol. The summed E-state index contributed by atoms with van der Waals surface area (Å²) in [6.45, 7) is 1.66. The summed E-state index contributed by atoms with van der Waals surface area (Å²) in [4.78, 5) is 0. The van der Waals surface area contributed by atoms with Crippen LogP contribution in [0, 0.1) is 5.82 Å². The Morgan fingerprint density at radius 3 is 2.57 bits per heavy atom. The minimum absolute atomic E-state index is 0.186. The maximum Gasteiger partial charge on any atom is 0.163 e. The highest BCUT2D eigenvalue weighted by molar-refractivity contribution is 5.72. The number of ether oxygens (including phenoxy) is 2. The highest BCUT2D eigenvalue weighted by atomic mass is 19.1. The van der Waals surface area contributed by atoms with Gasteiger partial charge in [-0.05, 0) is 18.1 Å². The molecule has 0 saturated carbocycles. The molecule has 1 aliphatic heterocycles. The Kier molecular flexibility index (Phi) is 3.81. The highest BCUT2D eigenvalue weighted by Crippen LogP contribution is 2.36. The number of hydrogen-bond acceptors (Lipinski definition) is 4. The molecule has 1 heterocycles. The van der Waals surface area contributed by atoms with E-state index in [2.05, 4.69) is 5.32 Å². The van der Waals surface area contributed by atoms with Gasteiger partial charge < -0.3 is 20.5 Å². The van der Waals surface area contributed by atoms with Crippen LogP contribution in [0.4, 0.5) is 15.8 Å². The third-order valence-electron chi connectivity index (χ3n) is 3.38. The van der Waals surface area contributed by atoms with Crippen molar-refractivity contribution in [1.29, 1.82) is 0 Å². The highest BCUT2D eigenvalue weighted by Gasteiger charge is 2.14. The second kappa shape index (κ2) is 5.91. The zero-order valence-corrected chi connectivity index (χ0v) is 11.6. The van der Waals surface area contributed by atoms with Gasteiger partial charge in [0.05, 0.1) is 11.4 Å². The normalized spacial score (nSPS) is 13.0. The van der Waals surface area contributed by atoms with Gasteiger partial charge in [-0.1, -0.05) is 18.2 Å². The van der Waals surface area contributed by atoms with E-state index in [1.54, 1.807) is 18.2 Å². The van der Waals surface area contributed by atoms with Crippen LogP contribution in [0.3, 0.4) is 0 Å². The fourth-order valence-electron chi connectivity index (χ4n) is 2.29. The van der Waals surface area contributed by atoms with E-state index in [-0.39, 0.29) is 5.82 Å². The third kappa shape index (κ3) is 3.02. The lowest BCUT2D eigenvalue weighted by molar-refractivity contribution is 0.172. The quantitative estimate of drug-likeness (QED) is 0.849. The number of hydrogen-bond donors (Lipinski definition) is 2. The van der Waals surface area contributed by atoms with Crippen LogP contribution in [0.5, 0.6) is 11.5 Å². The average molecular weight is 288 g/mol. The molecule has 0 saturated heterocycles. The molecule has 3 N–H and O–H groups in total. The van der Waals surface area contributed by atoms with Crippen LogP contribution >= 0.6 is 0 Å². The lowest BCUT2D eigenvalue weighted by Crippen LogP contribution is -2.16. The molecule has 5 heteroatoms. The molecule has 4 nitrogen and oxygen atoms in total. The molecule has 0 aliphatic carbocycles. The number of benzene rings is 2. The SMILES string of the molecule is Nc1cc2c(cc1NCCc1ccccc1F)OCCO2. The molecule has 0 amide bonds. The number of nitrogen functional groups attached to an aromatic ring is 1. The van der Waals surface area contributed by atoms with Gasteiger partial charge in [0.25, 0.3) is 0 Å². The molecule has 2 aromatic rings. The molecule has 0 unspecified atom stereocenters. The second-order valence-corrected chi connectivity index (χ2v) is 4.85. The third-order valence-corrected chi connectivity index (χ3v) is 3.38. The Labute approximate surface area is 122 Å². The van der Waals surface area contributed by atoms with Gasteiger partial charge >= 0.3 is 0 Å². The van der Waals surface area contributed by atoms with Gasteiger partial charge in [-0.15, -0.1) is 0 Å². The first-order valence-electron chi connectivity index (χ1n) is 6.90. The van der Waals surface area contributed by atoms with Gasteiger partial charge in [-0.25, -0.2) is 4.39 Å². The van der Waals surface area contributed by atoms with Crippen molar-refractivity contribution >= 4 is 11.4 Å². The van der Waals surface area contributed by atoms with E-state index in [1.807, 2.05) is 12.1 Å². The summed E-state index contributed by atoms with van der Waals surface area (Å²) < 4.78 is 24.5. The van der Waals surface area contributed by atoms with Crippen molar-refractivity contribution in [2.45, 2.75) is 6.42 Å². The molecule has 0 bridgehead atoms. The van der Waals surface area contributed by atoms with E-state index < -0.39 is 0 Å². The van der Waals surface area contributed by atoms with Crippen LogP contribution in [0.15, 0.2) is 36.4 Å². The molecule has 0 spiro atoms. The molecule has 0 fully saturated rings. The molecular formula is C16H17FN2O2. The van der Waals surface area contributed by atoms with Crippen LogP contribution in [-0.2, 0) is 6.42 Å². The molecule has 3 rings (SSSR count). The summed E-state index contributed by atoms with van der Waals surface area (Å²) in [6, 6.07) is 10.3.